The van der Waals surface area contributed by atoms with Crippen LogP contribution in [-0.4, -0.2) is 30.6 Å². The fourth-order valence-electron chi connectivity index (χ4n) is 3.82. The molecule has 1 aromatic heterocycles. The summed E-state index contributed by atoms with van der Waals surface area (Å²) >= 11 is 0. The van der Waals surface area contributed by atoms with Gasteiger partial charge in [-0.2, -0.15) is 0 Å². The Morgan fingerprint density at radius 3 is 2.66 bits per heavy atom. The molecule has 186 valence electrons. The molecule has 0 unspecified atom stereocenters. The van der Waals surface area contributed by atoms with Crippen molar-refractivity contribution < 1.29 is 19.1 Å². The van der Waals surface area contributed by atoms with Gasteiger partial charge in [-0.15, -0.1) is 0 Å². The van der Waals surface area contributed by atoms with Gasteiger partial charge in [-0.3, -0.25) is 4.79 Å². The predicted molar refractivity (Wildman–Crippen MR) is 140 cm³/mol. The first-order valence-electron chi connectivity index (χ1n) is 12.2. The van der Waals surface area contributed by atoms with Gasteiger partial charge in [0.2, 0.25) is 0 Å². The van der Waals surface area contributed by atoms with E-state index in [0.29, 0.717) is 41.1 Å². The van der Waals surface area contributed by atoms with Gasteiger partial charge in [0.15, 0.2) is 5.78 Å². The molecular formula is C29H35NO5. The standard InChI is InChI=1S/C29H35NO5/c1-5-13-30-14-6-15-34-27-12-10-23-17-24(29(33)35-28(23)20(27)4)18-26(32)22-9-11-25(31)21(16-22)8-7-19(2)3/h7,9-12,16-17,30-31H,5-6,8,13-15,18H2,1-4H3. The first-order chi connectivity index (χ1) is 16.8. The molecule has 2 N–H and O–H groups in total. The minimum absolute atomic E-state index is 0.0762. The number of nitrogens with one attached hydrogen (secondary N) is 1. The zero-order valence-electron chi connectivity index (χ0n) is 21.1. The Balaban J connectivity index is 1.75. The van der Waals surface area contributed by atoms with Gasteiger partial charge in [0.05, 0.1) is 6.61 Å². The van der Waals surface area contributed by atoms with Crippen molar-refractivity contribution in [3.8, 4) is 11.5 Å². The number of aromatic hydroxyl groups is 1. The summed E-state index contributed by atoms with van der Waals surface area (Å²) in [6.45, 7) is 10.4. The van der Waals surface area contributed by atoms with Crippen LogP contribution in [0.3, 0.4) is 0 Å². The van der Waals surface area contributed by atoms with E-state index in [4.69, 9.17) is 9.15 Å². The zero-order chi connectivity index (χ0) is 25.4. The molecule has 3 aromatic rings. The number of fused-ring (bicyclic) bond motifs is 1. The van der Waals surface area contributed by atoms with Gasteiger partial charge in [0, 0.05) is 28.5 Å². The number of carbonyl (C=O) groups excluding carboxylic acids is 1. The van der Waals surface area contributed by atoms with Gasteiger partial charge in [-0.1, -0.05) is 18.6 Å². The van der Waals surface area contributed by atoms with Gasteiger partial charge in [0.25, 0.3) is 0 Å². The number of hydrogen-bond acceptors (Lipinski definition) is 6. The average molecular weight is 478 g/mol. The van der Waals surface area contributed by atoms with E-state index >= 15 is 0 Å². The highest BCUT2D eigenvalue weighted by Gasteiger charge is 2.16. The Morgan fingerprint density at radius 1 is 1.11 bits per heavy atom. The van der Waals surface area contributed by atoms with Gasteiger partial charge >= 0.3 is 5.63 Å². The van der Waals surface area contributed by atoms with Crippen molar-refractivity contribution in [1.29, 1.82) is 0 Å². The van der Waals surface area contributed by atoms with Crippen LogP contribution in [0.25, 0.3) is 11.0 Å². The SMILES string of the molecule is CCCNCCCOc1ccc2cc(CC(=O)c3ccc(O)c(CC=C(C)C)c3)c(=O)oc2c1C. The second-order valence-electron chi connectivity index (χ2n) is 9.05. The fourth-order valence-corrected chi connectivity index (χ4v) is 3.82. The van der Waals surface area contributed by atoms with Crippen LogP contribution in [0.1, 0.15) is 60.7 Å². The van der Waals surface area contributed by atoms with E-state index in [2.05, 4.69) is 12.2 Å². The summed E-state index contributed by atoms with van der Waals surface area (Å²) in [7, 11) is 0. The molecule has 0 atom stereocenters. The molecule has 0 fully saturated rings. The number of aryl methyl sites for hydroxylation is 1. The Morgan fingerprint density at radius 2 is 1.91 bits per heavy atom. The highest BCUT2D eigenvalue weighted by molar-refractivity contribution is 5.98. The Hall–Kier alpha value is -3.38. The minimum atomic E-state index is -0.529. The summed E-state index contributed by atoms with van der Waals surface area (Å²) in [6.07, 6.45) is 4.43. The summed E-state index contributed by atoms with van der Waals surface area (Å²) in [5.41, 5.74) is 3.26. The molecule has 1 heterocycles. The van der Waals surface area contributed by atoms with Crippen LogP contribution in [0, 0.1) is 6.92 Å². The van der Waals surface area contributed by atoms with Crippen LogP contribution < -0.4 is 15.7 Å². The van der Waals surface area contributed by atoms with E-state index in [0.717, 1.165) is 42.5 Å². The van der Waals surface area contributed by atoms with Crippen molar-refractivity contribution >= 4 is 16.8 Å². The smallest absolute Gasteiger partial charge is 0.339 e. The molecule has 6 nitrogen and oxygen atoms in total. The van der Waals surface area contributed by atoms with E-state index in [1.54, 1.807) is 18.2 Å². The Kier molecular flexibility index (Phi) is 9.26. The third kappa shape index (κ3) is 7.06. The van der Waals surface area contributed by atoms with Gasteiger partial charge in [-0.05, 0) is 95.1 Å². The lowest BCUT2D eigenvalue weighted by molar-refractivity contribution is 0.0992. The number of rotatable bonds is 12. The third-order valence-electron chi connectivity index (χ3n) is 5.84. The third-order valence-corrected chi connectivity index (χ3v) is 5.84. The number of phenols is 1. The molecule has 0 saturated heterocycles. The summed E-state index contributed by atoms with van der Waals surface area (Å²) in [4.78, 5) is 25.6. The Labute approximate surface area is 206 Å². The van der Waals surface area contributed by atoms with Gasteiger partial charge in [-0.25, -0.2) is 4.79 Å². The Bertz CT molecular complexity index is 1270. The molecule has 0 spiro atoms. The topological polar surface area (TPSA) is 88.8 Å². The molecule has 0 aliphatic carbocycles. The van der Waals surface area contributed by atoms with Gasteiger partial charge < -0.3 is 19.6 Å². The van der Waals surface area contributed by atoms with Crippen LogP contribution in [-0.2, 0) is 12.8 Å². The number of hydrogen-bond donors (Lipinski definition) is 2. The van der Waals surface area contributed by atoms with Crippen molar-refractivity contribution in [2.75, 3.05) is 19.7 Å². The molecule has 0 bridgehead atoms. The maximum Gasteiger partial charge on any atom is 0.339 e. The first-order valence-corrected chi connectivity index (χ1v) is 12.2. The number of Topliss-reactive ketones (excluding diaryl/α,β-unsaturated/α-hetero) is 1. The average Bonchev–Trinajstić information content (AvgIpc) is 2.83. The molecule has 6 heteroatoms. The van der Waals surface area contributed by atoms with Crippen LogP contribution in [0.5, 0.6) is 11.5 Å². The molecule has 0 aliphatic rings. The fraction of sp³-hybridized carbons (Fsp3) is 0.379. The zero-order valence-corrected chi connectivity index (χ0v) is 21.1. The van der Waals surface area contributed by atoms with E-state index in [1.807, 2.05) is 39.0 Å². The molecule has 0 radical (unpaired) electrons. The molecule has 2 aromatic carbocycles. The van der Waals surface area contributed by atoms with Crippen molar-refractivity contribution in [2.24, 2.45) is 0 Å². The number of benzene rings is 2. The van der Waals surface area contributed by atoms with E-state index in [9.17, 15) is 14.7 Å². The van der Waals surface area contributed by atoms with Crippen LogP contribution >= 0.6 is 0 Å². The minimum Gasteiger partial charge on any atom is -0.508 e. The molecule has 0 aliphatic heterocycles. The van der Waals surface area contributed by atoms with Crippen molar-refractivity contribution in [3.05, 3.63) is 80.7 Å². The number of allylic oxidation sites excluding steroid dienone is 2. The molecule has 0 saturated carbocycles. The number of carbonyl (C=O) groups is 1. The first kappa shape index (κ1) is 26.2. The number of ether oxygens (including phenoxy) is 1. The van der Waals surface area contributed by atoms with Crippen molar-refractivity contribution in [2.45, 2.75) is 53.4 Å². The predicted octanol–water partition coefficient (Wildman–Crippen LogP) is 5.51. The van der Waals surface area contributed by atoms with Crippen LogP contribution in [0.15, 0.2) is 57.3 Å². The summed E-state index contributed by atoms with van der Waals surface area (Å²) in [5.74, 6) is 0.631. The lowest BCUT2D eigenvalue weighted by atomic mass is 9.99. The highest BCUT2D eigenvalue weighted by atomic mass is 16.5. The van der Waals surface area contributed by atoms with Crippen LogP contribution in [0.4, 0.5) is 0 Å². The maximum atomic E-state index is 12.9. The summed E-state index contributed by atoms with van der Waals surface area (Å²) in [6, 6.07) is 10.2. The summed E-state index contributed by atoms with van der Waals surface area (Å²) < 4.78 is 11.5. The number of phenolic OH excluding ortho intramolecular Hbond substituents is 1. The second kappa shape index (κ2) is 12.4. The monoisotopic (exact) mass is 477 g/mol. The lowest BCUT2D eigenvalue weighted by Gasteiger charge is -2.11. The highest BCUT2D eigenvalue weighted by Crippen LogP contribution is 2.27. The van der Waals surface area contributed by atoms with Crippen molar-refractivity contribution in [1.82, 2.24) is 5.32 Å². The van der Waals surface area contributed by atoms with E-state index in [-0.39, 0.29) is 18.0 Å². The summed E-state index contributed by atoms with van der Waals surface area (Å²) in [5, 5.41) is 14.2. The normalized spacial score (nSPS) is 11.0. The van der Waals surface area contributed by atoms with E-state index in [1.165, 1.54) is 6.07 Å². The molecule has 0 amide bonds. The maximum absolute atomic E-state index is 12.9. The molecular weight excluding hydrogens is 442 g/mol. The second-order valence-corrected chi connectivity index (χ2v) is 9.05. The van der Waals surface area contributed by atoms with Crippen LogP contribution in [0.2, 0.25) is 0 Å². The van der Waals surface area contributed by atoms with Gasteiger partial charge in [0.1, 0.15) is 17.1 Å². The number of ketones is 1. The van der Waals surface area contributed by atoms with Crippen molar-refractivity contribution in [3.63, 3.8) is 0 Å². The quantitative estimate of drug-likeness (QED) is 0.155. The lowest BCUT2D eigenvalue weighted by Crippen LogP contribution is -2.18. The molecule has 35 heavy (non-hydrogen) atoms. The van der Waals surface area contributed by atoms with E-state index < -0.39 is 5.63 Å². The molecule has 3 rings (SSSR count). The largest absolute Gasteiger partial charge is 0.508 e.